The molecule has 5 nitrogen and oxygen atoms in total. The Morgan fingerprint density at radius 3 is 2.83 bits per heavy atom. The highest BCUT2D eigenvalue weighted by atomic mass is 16.5. The van der Waals surface area contributed by atoms with Gasteiger partial charge in [0.25, 0.3) is 0 Å². The van der Waals surface area contributed by atoms with Crippen LogP contribution in [0.3, 0.4) is 0 Å². The predicted octanol–water partition coefficient (Wildman–Crippen LogP) is 2.32. The summed E-state index contributed by atoms with van der Waals surface area (Å²) >= 11 is 0. The van der Waals surface area contributed by atoms with Gasteiger partial charge in [0.15, 0.2) is 0 Å². The van der Waals surface area contributed by atoms with Crippen LogP contribution in [0, 0.1) is 5.41 Å². The van der Waals surface area contributed by atoms with E-state index in [0.717, 1.165) is 45.6 Å². The number of amides is 1. The molecule has 1 amide bonds. The molecule has 1 atom stereocenters. The molecular formula is C19H29N3O2. The molecule has 0 N–H and O–H groups in total. The van der Waals surface area contributed by atoms with Gasteiger partial charge in [-0.15, -0.1) is 0 Å². The van der Waals surface area contributed by atoms with Crippen LogP contribution in [0.25, 0.3) is 0 Å². The fourth-order valence-corrected chi connectivity index (χ4v) is 4.34. The summed E-state index contributed by atoms with van der Waals surface area (Å²) in [6.45, 7) is 6.58. The summed E-state index contributed by atoms with van der Waals surface area (Å²) in [5.41, 5.74) is 1.60. The predicted molar refractivity (Wildman–Crippen MR) is 93.5 cm³/mol. The van der Waals surface area contributed by atoms with E-state index in [-0.39, 0.29) is 0 Å². The molecule has 0 aromatic carbocycles. The highest BCUT2D eigenvalue weighted by molar-refractivity contribution is 5.75. The number of aromatic nitrogens is 1. The lowest BCUT2D eigenvalue weighted by molar-refractivity contribution is -0.133. The number of hydrogen-bond donors (Lipinski definition) is 0. The zero-order valence-electron chi connectivity index (χ0n) is 14.9. The topological polar surface area (TPSA) is 45.7 Å². The molecule has 2 saturated heterocycles. The lowest BCUT2D eigenvalue weighted by atomic mass is 9.76. The van der Waals surface area contributed by atoms with Crippen molar-refractivity contribution in [2.75, 3.05) is 33.4 Å². The van der Waals surface area contributed by atoms with Gasteiger partial charge in [0.1, 0.15) is 0 Å². The second-order valence-corrected chi connectivity index (χ2v) is 7.31. The third-order valence-corrected chi connectivity index (χ3v) is 5.67. The van der Waals surface area contributed by atoms with Crippen molar-refractivity contribution >= 4 is 5.91 Å². The number of methoxy groups -OCH3 is 1. The first kappa shape index (κ1) is 17.4. The minimum atomic E-state index is 0.295. The average molecular weight is 331 g/mol. The van der Waals surface area contributed by atoms with Gasteiger partial charge in [-0.05, 0) is 36.3 Å². The molecule has 1 aromatic heterocycles. The Morgan fingerprint density at radius 2 is 2.21 bits per heavy atom. The van der Waals surface area contributed by atoms with Crippen molar-refractivity contribution in [2.24, 2.45) is 5.41 Å². The maximum absolute atomic E-state index is 11.9. The Kier molecular flexibility index (Phi) is 5.51. The molecule has 3 rings (SSSR count). The van der Waals surface area contributed by atoms with Crippen LogP contribution in [0.15, 0.2) is 24.5 Å². The largest absolute Gasteiger partial charge is 0.383 e. The summed E-state index contributed by atoms with van der Waals surface area (Å²) in [5, 5.41) is 0. The van der Waals surface area contributed by atoms with E-state index in [0.29, 0.717) is 23.8 Å². The molecule has 24 heavy (non-hydrogen) atoms. The first-order valence-electron chi connectivity index (χ1n) is 9.05. The van der Waals surface area contributed by atoms with Gasteiger partial charge in [0, 0.05) is 58.1 Å². The SMILES string of the molecule is CCC(=O)N1CCC2(CC1)CC(COC)N(Cc1cccnc1)C2. The zero-order chi connectivity index (χ0) is 17.0. The highest BCUT2D eigenvalue weighted by Crippen LogP contribution is 2.44. The molecule has 5 heteroatoms. The molecule has 2 aliphatic rings. The van der Waals surface area contributed by atoms with E-state index in [9.17, 15) is 4.79 Å². The van der Waals surface area contributed by atoms with E-state index in [2.05, 4.69) is 16.0 Å². The Balaban J connectivity index is 1.65. The molecule has 3 heterocycles. The third kappa shape index (κ3) is 3.78. The second-order valence-electron chi connectivity index (χ2n) is 7.31. The van der Waals surface area contributed by atoms with Crippen LogP contribution in [0.1, 0.15) is 38.2 Å². The number of hydrogen-bond acceptors (Lipinski definition) is 4. The van der Waals surface area contributed by atoms with Crippen LogP contribution < -0.4 is 0 Å². The minimum Gasteiger partial charge on any atom is -0.383 e. The van der Waals surface area contributed by atoms with E-state index >= 15 is 0 Å². The van der Waals surface area contributed by atoms with Crippen LogP contribution >= 0.6 is 0 Å². The van der Waals surface area contributed by atoms with E-state index in [1.165, 1.54) is 12.0 Å². The van der Waals surface area contributed by atoms with Gasteiger partial charge >= 0.3 is 0 Å². The molecule has 1 aromatic rings. The van der Waals surface area contributed by atoms with Crippen LogP contribution in [0.4, 0.5) is 0 Å². The summed E-state index contributed by atoms with van der Waals surface area (Å²) in [6.07, 6.45) is 7.80. The Bertz CT molecular complexity index is 541. The quantitative estimate of drug-likeness (QED) is 0.831. The van der Waals surface area contributed by atoms with Gasteiger partial charge in [-0.25, -0.2) is 0 Å². The summed E-state index contributed by atoms with van der Waals surface area (Å²) in [6, 6.07) is 4.61. The van der Waals surface area contributed by atoms with E-state index < -0.39 is 0 Å². The molecule has 1 spiro atoms. The van der Waals surface area contributed by atoms with Crippen molar-refractivity contribution in [3.05, 3.63) is 30.1 Å². The van der Waals surface area contributed by atoms with Crippen LogP contribution in [-0.2, 0) is 16.1 Å². The highest BCUT2D eigenvalue weighted by Gasteiger charge is 2.45. The van der Waals surface area contributed by atoms with Crippen LogP contribution in [-0.4, -0.2) is 60.1 Å². The lowest BCUT2D eigenvalue weighted by Crippen LogP contribution is -2.44. The van der Waals surface area contributed by atoms with Crippen molar-refractivity contribution < 1.29 is 9.53 Å². The molecule has 0 aliphatic carbocycles. The van der Waals surface area contributed by atoms with E-state index in [4.69, 9.17) is 4.74 Å². The first-order chi connectivity index (χ1) is 11.7. The van der Waals surface area contributed by atoms with Crippen LogP contribution in [0.5, 0.6) is 0 Å². The number of carbonyl (C=O) groups excluding carboxylic acids is 1. The Hall–Kier alpha value is -1.46. The normalized spacial score (nSPS) is 23.8. The van der Waals surface area contributed by atoms with Gasteiger partial charge in [-0.2, -0.15) is 0 Å². The fourth-order valence-electron chi connectivity index (χ4n) is 4.34. The van der Waals surface area contributed by atoms with Crippen molar-refractivity contribution in [2.45, 2.75) is 45.2 Å². The molecule has 2 fully saturated rings. The minimum absolute atomic E-state index is 0.295. The standard InChI is InChI=1S/C19H29N3O2/c1-3-18(23)21-9-6-19(7-10-21)11-17(14-24-2)22(15-19)13-16-5-4-8-20-12-16/h4-5,8,12,17H,3,6-7,9-11,13-15H2,1-2H3. The molecule has 132 valence electrons. The fraction of sp³-hybridized carbons (Fsp3) is 0.684. The smallest absolute Gasteiger partial charge is 0.222 e. The number of nitrogens with zero attached hydrogens (tertiary/aromatic N) is 3. The number of carbonyl (C=O) groups is 1. The van der Waals surface area contributed by atoms with E-state index in [1.54, 1.807) is 7.11 Å². The second kappa shape index (κ2) is 7.62. The van der Waals surface area contributed by atoms with E-state index in [1.807, 2.05) is 30.3 Å². The van der Waals surface area contributed by atoms with Crippen molar-refractivity contribution in [1.29, 1.82) is 0 Å². The molecule has 0 saturated carbocycles. The average Bonchev–Trinajstić information content (AvgIpc) is 2.93. The summed E-state index contributed by atoms with van der Waals surface area (Å²) in [5.74, 6) is 0.295. The van der Waals surface area contributed by atoms with Gasteiger partial charge in [-0.3, -0.25) is 14.7 Å². The number of ether oxygens (including phenoxy) is 1. The van der Waals surface area contributed by atoms with Crippen LogP contribution in [0.2, 0.25) is 0 Å². The number of rotatable bonds is 5. The monoisotopic (exact) mass is 331 g/mol. The number of piperidine rings is 1. The van der Waals surface area contributed by atoms with Crippen molar-refractivity contribution in [3.63, 3.8) is 0 Å². The third-order valence-electron chi connectivity index (χ3n) is 5.67. The van der Waals surface area contributed by atoms with Gasteiger partial charge in [0.05, 0.1) is 6.61 Å². The number of likely N-dealkylation sites (tertiary alicyclic amines) is 2. The molecule has 2 aliphatic heterocycles. The number of pyridine rings is 1. The maximum Gasteiger partial charge on any atom is 0.222 e. The molecule has 1 unspecified atom stereocenters. The zero-order valence-corrected chi connectivity index (χ0v) is 14.9. The van der Waals surface area contributed by atoms with Gasteiger partial charge in [0.2, 0.25) is 5.91 Å². The van der Waals surface area contributed by atoms with Gasteiger partial charge in [-0.1, -0.05) is 13.0 Å². The summed E-state index contributed by atoms with van der Waals surface area (Å²) in [7, 11) is 1.79. The molecule has 0 bridgehead atoms. The lowest BCUT2D eigenvalue weighted by Gasteiger charge is -2.39. The summed E-state index contributed by atoms with van der Waals surface area (Å²) in [4.78, 5) is 20.8. The Labute approximate surface area is 145 Å². The maximum atomic E-state index is 11.9. The first-order valence-corrected chi connectivity index (χ1v) is 9.05. The van der Waals surface area contributed by atoms with Gasteiger partial charge < -0.3 is 9.64 Å². The van der Waals surface area contributed by atoms with Crippen molar-refractivity contribution in [3.8, 4) is 0 Å². The molecular weight excluding hydrogens is 302 g/mol. The Morgan fingerprint density at radius 1 is 1.42 bits per heavy atom. The summed E-state index contributed by atoms with van der Waals surface area (Å²) < 4.78 is 5.48. The molecule has 0 radical (unpaired) electrons. The van der Waals surface area contributed by atoms with Crippen molar-refractivity contribution in [1.82, 2.24) is 14.8 Å².